The van der Waals surface area contributed by atoms with Gasteiger partial charge in [0.05, 0.1) is 0 Å². The molecule has 5 nitrogen and oxygen atoms in total. The molecule has 128 valence electrons. The van der Waals surface area contributed by atoms with Crippen LogP contribution >= 0.6 is 0 Å². The normalized spacial score (nSPS) is 25.3. The second-order valence-electron chi connectivity index (χ2n) is 6.49. The van der Waals surface area contributed by atoms with E-state index in [4.69, 9.17) is 4.74 Å². The summed E-state index contributed by atoms with van der Waals surface area (Å²) in [4.78, 5) is 0. The van der Waals surface area contributed by atoms with Gasteiger partial charge in [-0.05, 0) is 44.7 Å². The van der Waals surface area contributed by atoms with E-state index in [0.29, 0.717) is 19.6 Å². The van der Waals surface area contributed by atoms with Gasteiger partial charge >= 0.3 is 0 Å². The molecule has 2 aliphatic rings. The number of benzene rings is 1. The van der Waals surface area contributed by atoms with Gasteiger partial charge in [-0.3, -0.25) is 0 Å². The maximum Gasteiger partial charge on any atom is 0.282 e. The summed E-state index contributed by atoms with van der Waals surface area (Å²) in [5.41, 5.74) is 0. The molecule has 1 unspecified atom stereocenters. The molecular weight excluding hydrogens is 312 g/mol. The first-order valence-electron chi connectivity index (χ1n) is 8.56. The number of hydrogen-bond acceptors (Lipinski definition) is 3. The van der Waals surface area contributed by atoms with Crippen LogP contribution in [0, 0.1) is 0 Å². The first-order chi connectivity index (χ1) is 11.1. The van der Waals surface area contributed by atoms with Crippen molar-refractivity contribution in [2.45, 2.75) is 51.2 Å². The lowest BCUT2D eigenvalue weighted by Crippen LogP contribution is -2.52. The Balaban J connectivity index is 1.57. The average Bonchev–Trinajstić information content (AvgIpc) is 2.56. The molecule has 0 aromatic heterocycles. The molecule has 2 aliphatic heterocycles. The highest BCUT2D eigenvalue weighted by Crippen LogP contribution is 2.26. The number of piperidine rings is 2. The third-order valence-corrected chi connectivity index (χ3v) is 6.96. The van der Waals surface area contributed by atoms with E-state index in [0.717, 1.165) is 37.9 Å². The van der Waals surface area contributed by atoms with Crippen LogP contribution in [0.1, 0.15) is 39.0 Å². The predicted octanol–water partition coefficient (Wildman–Crippen LogP) is 2.65. The van der Waals surface area contributed by atoms with E-state index in [2.05, 4.69) is 0 Å². The molecule has 0 spiro atoms. The Hall–Kier alpha value is -1.11. The van der Waals surface area contributed by atoms with Crippen molar-refractivity contribution in [3.8, 4) is 5.75 Å². The molecule has 1 aromatic rings. The standard InChI is InChI=1S/C17H26N2O3S/c1-15-7-5-6-12-19(15)23(20,21)18-13-10-17(11-14-18)22-16-8-3-2-4-9-16/h2-4,8-9,15,17H,5-7,10-14H2,1H3. The van der Waals surface area contributed by atoms with Gasteiger partial charge in [0.1, 0.15) is 11.9 Å². The fourth-order valence-electron chi connectivity index (χ4n) is 3.44. The molecule has 6 heteroatoms. The third kappa shape index (κ3) is 3.87. The Morgan fingerprint density at radius 2 is 1.70 bits per heavy atom. The smallest absolute Gasteiger partial charge is 0.282 e. The van der Waals surface area contributed by atoms with Crippen LogP contribution in [-0.2, 0) is 10.2 Å². The quantitative estimate of drug-likeness (QED) is 0.848. The third-order valence-electron chi connectivity index (χ3n) is 4.81. The van der Waals surface area contributed by atoms with Crippen molar-refractivity contribution in [2.75, 3.05) is 19.6 Å². The van der Waals surface area contributed by atoms with Gasteiger partial charge in [-0.2, -0.15) is 17.0 Å². The van der Waals surface area contributed by atoms with E-state index >= 15 is 0 Å². The zero-order valence-electron chi connectivity index (χ0n) is 13.7. The van der Waals surface area contributed by atoms with Gasteiger partial charge in [-0.1, -0.05) is 24.6 Å². The Morgan fingerprint density at radius 3 is 2.35 bits per heavy atom. The minimum atomic E-state index is -3.32. The molecule has 0 radical (unpaired) electrons. The minimum absolute atomic E-state index is 0.0997. The van der Waals surface area contributed by atoms with Crippen LogP contribution in [0.5, 0.6) is 5.75 Å². The highest BCUT2D eigenvalue weighted by Gasteiger charge is 2.36. The van der Waals surface area contributed by atoms with E-state index in [9.17, 15) is 8.42 Å². The van der Waals surface area contributed by atoms with Gasteiger partial charge in [-0.15, -0.1) is 0 Å². The number of nitrogens with zero attached hydrogens (tertiary/aromatic N) is 2. The SMILES string of the molecule is CC1CCCCN1S(=O)(=O)N1CCC(Oc2ccccc2)CC1. The molecule has 0 N–H and O–H groups in total. The van der Waals surface area contributed by atoms with Crippen LogP contribution in [0.2, 0.25) is 0 Å². The summed E-state index contributed by atoms with van der Waals surface area (Å²) in [6, 6.07) is 9.87. The molecule has 1 aromatic carbocycles. The zero-order chi connectivity index (χ0) is 16.3. The number of rotatable bonds is 4. The van der Waals surface area contributed by atoms with Crippen molar-refractivity contribution in [1.82, 2.24) is 8.61 Å². The fourth-order valence-corrected chi connectivity index (χ4v) is 5.32. The molecular formula is C17H26N2O3S. The number of para-hydroxylation sites is 1. The average molecular weight is 338 g/mol. The number of hydrogen-bond donors (Lipinski definition) is 0. The summed E-state index contributed by atoms with van der Waals surface area (Å²) in [6.07, 6.45) is 4.65. The summed E-state index contributed by atoms with van der Waals surface area (Å²) in [5.74, 6) is 0.860. The van der Waals surface area contributed by atoms with Crippen LogP contribution < -0.4 is 4.74 Å². The molecule has 2 heterocycles. The second kappa shape index (κ2) is 7.20. The molecule has 0 aliphatic carbocycles. The fraction of sp³-hybridized carbons (Fsp3) is 0.647. The minimum Gasteiger partial charge on any atom is -0.490 e. The van der Waals surface area contributed by atoms with Crippen molar-refractivity contribution < 1.29 is 13.2 Å². The topological polar surface area (TPSA) is 49.9 Å². The van der Waals surface area contributed by atoms with Crippen molar-refractivity contribution in [3.05, 3.63) is 30.3 Å². The van der Waals surface area contributed by atoms with Crippen molar-refractivity contribution >= 4 is 10.2 Å². The van der Waals surface area contributed by atoms with Crippen molar-refractivity contribution in [3.63, 3.8) is 0 Å². The van der Waals surface area contributed by atoms with Gasteiger partial charge in [-0.25, -0.2) is 0 Å². The monoisotopic (exact) mass is 338 g/mol. The zero-order valence-corrected chi connectivity index (χ0v) is 14.5. The summed E-state index contributed by atoms with van der Waals surface area (Å²) in [6.45, 7) is 3.76. The van der Waals surface area contributed by atoms with E-state index in [-0.39, 0.29) is 12.1 Å². The van der Waals surface area contributed by atoms with Crippen molar-refractivity contribution in [1.29, 1.82) is 0 Å². The van der Waals surface area contributed by atoms with Crippen LogP contribution in [0.25, 0.3) is 0 Å². The largest absolute Gasteiger partial charge is 0.490 e. The molecule has 2 saturated heterocycles. The molecule has 0 saturated carbocycles. The van der Waals surface area contributed by atoms with Gasteiger partial charge < -0.3 is 4.74 Å². The van der Waals surface area contributed by atoms with Gasteiger partial charge in [0, 0.05) is 25.7 Å². The van der Waals surface area contributed by atoms with E-state index in [1.807, 2.05) is 37.3 Å². The van der Waals surface area contributed by atoms with Gasteiger partial charge in [0.2, 0.25) is 0 Å². The maximum absolute atomic E-state index is 12.8. The highest BCUT2D eigenvalue weighted by atomic mass is 32.2. The van der Waals surface area contributed by atoms with Crippen molar-refractivity contribution in [2.24, 2.45) is 0 Å². The van der Waals surface area contributed by atoms with Gasteiger partial charge in [0.15, 0.2) is 0 Å². The van der Waals surface area contributed by atoms with Crippen LogP contribution in [0.15, 0.2) is 30.3 Å². The molecule has 23 heavy (non-hydrogen) atoms. The predicted molar refractivity (Wildman–Crippen MR) is 90.6 cm³/mol. The van der Waals surface area contributed by atoms with Crippen LogP contribution in [-0.4, -0.2) is 48.8 Å². The van der Waals surface area contributed by atoms with E-state index in [1.165, 1.54) is 0 Å². The lowest BCUT2D eigenvalue weighted by atomic mass is 10.1. The maximum atomic E-state index is 12.8. The van der Waals surface area contributed by atoms with E-state index < -0.39 is 10.2 Å². The first-order valence-corrected chi connectivity index (χ1v) is 9.95. The van der Waals surface area contributed by atoms with E-state index in [1.54, 1.807) is 8.61 Å². The summed E-state index contributed by atoms with van der Waals surface area (Å²) >= 11 is 0. The summed E-state index contributed by atoms with van der Waals surface area (Å²) < 4.78 is 34.9. The van der Waals surface area contributed by atoms with Gasteiger partial charge in [0.25, 0.3) is 10.2 Å². The second-order valence-corrected chi connectivity index (χ2v) is 8.37. The lowest BCUT2D eigenvalue weighted by molar-refractivity contribution is 0.129. The Kier molecular flexibility index (Phi) is 5.24. The lowest BCUT2D eigenvalue weighted by Gasteiger charge is -2.39. The molecule has 3 rings (SSSR count). The van der Waals surface area contributed by atoms with Crippen LogP contribution in [0.4, 0.5) is 0 Å². The summed E-state index contributed by atoms with van der Waals surface area (Å²) in [7, 11) is -3.32. The molecule has 0 amide bonds. The van der Waals surface area contributed by atoms with Crippen LogP contribution in [0.3, 0.4) is 0 Å². The Bertz CT molecular complexity index is 598. The molecule has 1 atom stereocenters. The first kappa shape index (κ1) is 16.7. The Morgan fingerprint density at radius 1 is 1.00 bits per heavy atom. The molecule has 0 bridgehead atoms. The Labute approximate surface area is 139 Å². The highest BCUT2D eigenvalue weighted by molar-refractivity contribution is 7.86. The summed E-state index contributed by atoms with van der Waals surface area (Å²) in [5, 5.41) is 0. The molecule has 2 fully saturated rings. The number of ether oxygens (including phenoxy) is 1.